The number of halogens is 2. The smallest absolute Gasteiger partial charge is 0.0492 e. The van der Waals surface area contributed by atoms with E-state index in [4.69, 9.17) is 11.6 Å². The van der Waals surface area contributed by atoms with E-state index in [1.807, 2.05) is 18.2 Å². The van der Waals surface area contributed by atoms with E-state index in [-0.39, 0.29) is 12.4 Å². The van der Waals surface area contributed by atoms with Gasteiger partial charge in [-0.3, -0.25) is 0 Å². The first-order chi connectivity index (χ1) is 8.29. The van der Waals surface area contributed by atoms with Crippen LogP contribution in [0.3, 0.4) is 0 Å². The van der Waals surface area contributed by atoms with Gasteiger partial charge < -0.3 is 4.90 Å². The van der Waals surface area contributed by atoms with Crippen LogP contribution in [0.1, 0.15) is 18.4 Å². The van der Waals surface area contributed by atoms with Crippen LogP contribution in [0.4, 0.5) is 0 Å². The lowest BCUT2D eigenvalue weighted by Gasteiger charge is -2.42. The zero-order chi connectivity index (χ0) is 12.1. The summed E-state index contributed by atoms with van der Waals surface area (Å²) in [5, 5.41) is 0.465. The molecule has 3 aliphatic heterocycles. The van der Waals surface area contributed by atoms with Crippen molar-refractivity contribution in [3.63, 3.8) is 0 Å². The summed E-state index contributed by atoms with van der Waals surface area (Å²) in [4.78, 5) is 2.47. The second-order valence-corrected chi connectivity index (χ2v) is 5.67. The van der Waals surface area contributed by atoms with Crippen LogP contribution in [0.15, 0.2) is 30.3 Å². The van der Waals surface area contributed by atoms with Crippen LogP contribution in [0.25, 0.3) is 0 Å². The number of benzene rings is 1. The van der Waals surface area contributed by atoms with Gasteiger partial charge in [0.05, 0.1) is 0 Å². The highest BCUT2D eigenvalue weighted by molar-refractivity contribution is 7.79. The van der Waals surface area contributed by atoms with Crippen molar-refractivity contribution in [2.45, 2.75) is 24.0 Å². The molecule has 18 heavy (non-hydrogen) atoms. The Kier molecular flexibility index (Phi) is 7.47. The Balaban J connectivity index is 0.000000172. The number of piperidine rings is 3. The summed E-state index contributed by atoms with van der Waals surface area (Å²) in [5.41, 5.74) is 1.27. The lowest BCUT2D eigenvalue weighted by molar-refractivity contribution is 0.116. The molecule has 3 aliphatic rings. The first kappa shape index (κ1) is 16.2. The molecule has 1 unspecified atom stereocenters. The highest BCUT2D eigenvalue weighted by atomic mass is 35.5. The molecule has 0 aromatic heterocycles. The van der Waals surface area contributed by atoms with Crippen LogP contribution >= 0.6 is 36.6 Å². The van der Waals surface area contributed by atoms with Crippen molar-refractivity contribution in [3.8, 4) is 0 Å². The first-order valence-electron chi connectivity index (χ1n) is 6.31. The van der Waals surface area contributed by atoms with E-state index in [0.29, 0.717) is 5.38 Å². The largest absolute Gasteiger partial charge is 0.302 e. The third-order valence-corrected chi connectivity index (χ3v) is 4.46. The number of hydrogen-bond donors (Lipinski definition) is 1. The molecule has 1 atom stereocenters. The van der Waals surface area contributed by atoms with Gasteiger partial charge >= 0.3 is 0 Å². The van der Waals surface area contributed by atoms with Crippen molar-refractivity contribution in [2.24, 2.45) is 5.92 Å². The van der Waals surface area contributed by atoms with E-state index in [9.17, 15) is 0 Å². The van der Waals surface area contributed by atoms with Crippen molar-refractivity contribution in [2.75, 3.05) is 19.6 Å². The van der Waals surface area contributed by atoms with Gasteiger partial charge in [0.15, 0.2) is 0 Å². The zero-order valence-corrected chi connectivity index (χ0v) is 12.9. The molecule has 102 valence electrons. The number of thiol groups is 1. The summed E-state index contributed by atoms with van der Waals surface area (Å²) in [5.74, 6) is 1.68. The normalized spacial score (nSPS) is 28.9. The van der Waals surface area contributed by atoms with Crippen LogP contribution in [0, 0.1) is 5.92 Å². The number of hydrogen-bond acceptors (Lipinski definition) is 2. The molecule has 3 fully saturated rings. The maximum Gasteiger partial charge on any atom is 0.0492 e. The van der Waals surface area contributed by atoms with E-state index >= 15 is 0 Å². The van der Waals surface area contributed by atoms with Crippen molar-refractivity contribution >= 4 is 36.6 Å². The first-order valence-corrected chi connectivity index (χ1v) is 7.37. The second kappa shape index (κ2) is 8.31. The van der Waals surface area contributed by atoms with Gasteiger partial charge in [0.1, 0.15) is 0 Å². The maximum atomic E-state index is 6.07. The third-order valence-electron chi connectivity index (χ3n) is 3.60. The van der Waals surface area contributed by atoms with Crippen molar-refractivity contribution in [1.29, 1.82) is 0 Å². The molecule has 0 N–H and O–H groups in total. The molecule has 0 amide bonds. The molecule has 3 saturated heterocycles. The predicted octanol–water partition coefficient (Wildman–Crippen LogP) is 3.86. The lowest BCUT2D eigenvalue weighted by Crippen LogP contribution is -2.48. The molecule has 1 aromatic carbocycles. The summed E-state index contributed by atoms with van der Waals surface area (Å²) in [6.45, 7) is 3.74. The van der Waals surface area contributed by atoms with Crippen LogP contribution < -0.4 is 0 Å². The average molecular weight is 306 g/mol. The Morgan fingerprint density at radius 2 is 1.78 bits per heavy atom. The van der Waals surface area contributed by atoms with Crippen LogP contribution in [0.2, 0.25) is 0 Å². The van der Waals surface area contributed by atoms with Gasteiger partial charge in [0.2, 0.25) is 0 Å². The minimum Gasteiger partial charge on any atom is -0.302 e. The van der Waals surface area contributed by atoms with Gasteiger partial charge in [-0.25, -0.2) is 0 Å². The number of fused-ring (bicyclic) bond motifs is 3. The Labute approximate surface area is 127 Å². The molecule has 3 heterocycles. The van der Waals surface area contributed by atoms with Crippen molar-refractivity contribution < 1.29 is 0 Å². The summed E-state index contributed by atoms with van der Waals surface area (Å²) in [6.07, 6.45) is 2.68. The highest BCUT2D eigenvalue weighted by Gasteiger charge is 2.32. The van der Waals surface area contributed by atoms with E-state index < -0.39 is 0 Å². The molecule has 1 nitrogen and oxygen atoms in total. The van der Waals surface area contributed by atoms with E-state index in [1.165, 1.54) is 31.5 Å². The van der Waals surface area contributed by atoms with Crippen molar-refractivity contribution in [3.05, 3.63) is 35.9 Å². The molecule has 0 aliphatic carbocycles. The molecule has 0 spiro atoms. The van der Waals surface area contributed by atoms with Crippen LogP contribution in [0.5, 0.6) is 0 Å². The minimum absolute atomic E-state index is 0. The number of rotatable bonds is 1. The van der Waals surface area contributed by atoms with Gasteiger partial charge in [-0.15, -0.1) is 24.0 Å². The summed E-state index contributed by atoms with van der Waals surface area (Å²) in [6, 6.07) is 10.2. The minimum atomic E-state index is 0. The number of nitrogens with zero attached hydrogens (tertiary/aromatic N) is 1. The van der Waals surface area contributed by atoms with E-state index in [1.54, 1.807) is 0 Å². The predicted molar refractivity (Wildman–Crippen MR) is 85.2 cm³/mol. The van der Waals surface area contributed by atoms with Gasteiger partial charge in [0, 0.05) is 17.7 Å². The Bertz CT molecular complexity index is 326. The molecule has 2 bridgehead atoms. The average Bonchev–Trinajstić information content (AvgIpc) is 2.41. The van der Waals surface area contributed by atoms with Gasteiger partial charge in [-0.2, -0.15) is 12.6 Å². The monoisotopic (exact) mass is 305 g/mol. The second-order valence-electron chi connectivity index (χ2n) is 4.80. The van der Waals surface area contributed by atoms with Crippen LogP contribution in [-0.4, -0.2) is 29.9 Å². The Morgan fingerprint density at radius 1 is 1.17 bits per heavy atom. The fourth-order valence-corrected chi connectivity index (χ4v) is 3.13. The molecule has 0 radical (unpaired) electrons. The Morgan fingerprint density at radius 3 is 2.06 bits per heavy atom. The van der Waals surface area contributed by atoms with Gasteiger partial charge in [0.25, 0.3) is 0 Å². The maximum absolute atomic E-state index is 6.07. The summed E-state index contributed by atoms with van der Waals surface area (Å²) < 4.78 is 0. The molecule has 4 heteroatoms. The summed E-state index contributed by atoms with van der Waals surface area (Å²) >= 11 is 10.2. The molecular weight excluding hydrogens is 285 g/mol. The SMILES string of the molecule is Cl.ClC1CN2CCC1CC2.SCc1ccccc1. The number of alkyl halides is 1. The van der Waals surface area contributed by atoms with Gasteiger partial charge in [-0.1, -0.05) is 30.3 Å². The fourth-order valence-electron chi connectivity index (χ4n) is 2.48. The van der Waals surface area contributed by atoms with Gasteiger partial charge in [-0.05, 0) is 37.4 Å². The summed E-state index contributed by atoms with van der Waals surface area (Å²) in [7, 11) is 0. The van der Waals surface area contributed by atoms with Crippen molar-refractivity contribution in [1.82, 2.24) is 4.90 Å². The molecule has 1 aromatic rings. The molecule has 0 saturated carbocycles. The quantitative estimate of drug-likeness (QED) is 0.609. The molecular formula is C14H21Cl2NS. The van der Waals surface area contributed by atoms with E-state index in [0.717, 1.165) is 18.2 Å². The highest BCUT2D eigenvalue weighted by Crippen LogP contribution is 2.30. The zero-order valence-electron chi connectivity index (χ0n) is 10.5. The topological polar surface area (TPSA) is 3.24 Å². The van der Waals surface area contributed by atoms with Crippen LogP contribution in [-0.2, 0) is 5.75 Å². The third kappa shape index (κ3) is 4.65. The molecule has 4 rings (SSSR count). The fraction of sp³-hybridized carbons (Fsp3) is 0.571. The Hall–Kier alpha value is 0.110. The standard InChI is InChI=1S/C7H12ClN.C7H8S.ClH/c8-7-5-9-3-1-6(7)2-4-9;8-6-7-4-2-1-3-5-7;/h6-7H,1-5H2;1-5,8H,6H2;1H. The van der Waals surface area contributed by atoms with E-state index in [2.05, 4.69) is 29.7 Å². The lowest BCUT2D eigenvalue weighted by atomic mass is 9.88.